The van der Waals surface area contributed by atoms with E-state index in [1.807, 2.05) is 7.05 Å². The molecule has 1 nitrogen and oxygen atoms in total. The van der Waals surface area contributed by atoms with Crippen LogP contribution >= 0.6 is 23.1 Å². The fourth-order valence-electron chi connectivity index (χ4n) is 0.640. The molecule has 0 amide bonds. The minimum Gasteiger partial charge on any atom is -0.379 e. The molecule has 1 aromatic rings. The van der Waals surface area contributed by atoms with Crippen LogP contribution in [0, 0.1) is 0 Å². The van der Waals surface area contributed by atoms with Crippen molar-refractivity contribution in [3.8, 4) is 0 Å². The summed E-state index contributed by atoms with van der Waals surface area (Å²) in [5.41, 5.74) is 0. The van der Waals surface area contributed by atoms with E-state index in [-0.39, 0.29) is 0 Å². The van der Waals surface area contributed by atoms with Crippen molar-refractivity contribution in [3.63, 3.8) is 0 Å². The monoisotopic (exact) mass is 159 g/mol. The van der Waals surface area contributed by atoms with E-state index in [2.05, 4.69) is 23.0 Å². The van der Waals surface area contributed by atoms with Crippen LogP contribution in [0.2, 0.25) is 0 Å². The van der Waals surface area contributed by atoms with Crippen molar-refractivity contribution in [1.29, 1.82) is 0 Å². The Morgan fingerprint density at radius 3 is 2.89 bits per heavy atom. The van der Waals surface area contributed by atoms with Gasteiger partial charge >= 0.3 is 0 Å². The lowest BCUT2D eigenvalue weighted by Crippen LogP contribution is -1.83. The van der Waals surface area contributed by atoms with Crippen LogP contribution in [0.25, 0.3) is 0 Å². The average Bonchev–Trinajstić information content (AvgIpc) is 2.33. The van der Waals surface area contributed by atoms with E-state index in [9.17, 15) is 0 Å². The van der Waals surface area contributed by atoms with Crippen LogP contribution in [0.1, 0.15) is 0 Å². The quantitative estimate of drug-likeness (QED) is 0.665. The van der Waals surface area contributed by atoms with Gasteiger partial charge in [0.15, 0.2) is 0 Å². The largest absolute Gasteiger partial charge is 0.379 e. The second-order valence-electron chi connectivity index (χ2n) is 1.57. The Bertz CT molecular complexity index is 164. The van der Waals surface area contributed by atoms with E-state index in [1.54, 1.807) is 23.1 Å². The summed E-state index contributed by atoms with van der Waals surface area (Å²) in [6, 6.07) is 2.13. The van der Waals surface area contributed by atoms with Crippen molar-refractivity contribution >= 4 is 28.1 Å². The van der Waals surface area contributed by atoms with E-state index in [0.29, 0.717) is 0 Å². The van der Waals surface area contributed by atoms with Crippen LogP contribution in [0.4, 0.5) is 5.00 Å². The Morgan fingerprint density at radius 2 is 2.44 bits per heavy atom. The molecule has 0 radical (unpaired) electrons. The van der Waals surface area contributed by atoms with Crippen LogP contribution in [0.15, 0.2) is 16.3 Å². The first-order valence-corrected chi connectivity index (χ1v) is 4.78. The van der Waals surface area contributed by atoms with Gasteiger partial charge in [-0.05, 0) is 17.7 Å². The molecule has 9 heavy (non-hydrogen) atoms. The van der Waals surface area contributed by atoms with Crippen molar-refractivity contribution in [1.82, 2.24) is 0 Å². The Labute approximate surface area is 63.5 Å². The fourth-order valence-corrected chi connectivity index (χ4v) is 2.25. The first-order valence-electron chi connectivity index (χ1n) is 2.67. The molecule has 0 aliphatic heterocycles. The average molecular weight is 159 g/mol. The highest BCUT2D eigenvalue weighted by Crippen LogP contribution is 2.29. The highest BCUT2D eigenvalue weighted by molar-refractivity contribution is 7.99. The smallest absolute Gasteiger partial charge is 0.102 e. The zero-order chi connectivity index (χ0) is 6.69. The van der Waals surface area contributed by atoms with E-state index in [1.165, 1.54) is 9.90 Å². The normalized spacial score (nSPS) is 9.56. The molecule has 0 saturated carbocycles. The molecule has 0 fully saturated rings. The number of nitrogens with one attached hydrogen (secondary N) is 1. The predicted octanol–water partition coefficient (Wildman–Crippen LogP) is 2.51. The second-order valence-corrected chi connectivity index (χ2v) is 3.33. The maximum Gasteiger partial charge on any atom is 0.102 e. The molecule has 1 rings (SSSR count). The van der Waals surface area contributed by atoms with Gasteiger partial charge in [-0.2, -0.15) is 0 Å². The van der Waals surface area contributed by atoms with Gasteiger partial charge in [0.05, 0.1) is 0 Å². The Hall–Kier alpha value is -0.150. The van der Waals surface area contributed by atoms with Crippen LogP contribution in [0.5, 0.6) is 0 Å². The molecule has 50 valence electrons. The molecule has 0 aromatic carbocycles. The Morgan fingerprint density at radius 1 is 1.67 bits per heavy atom. The van der Waals surface area contributed by atoms with E-state index < -0.39 is 0 Å². The predicted molar refractivity (Wildman–Crippen MR) is 45.6 cm³/mol. The number of anilines is 1. The van der Waals surface area contributed by atoms with Crippen molar-refractivity contribution < 1.29 is 0 Å². The maximum atomic E-state index is 3.12. The number of thioether (sulfide) groups is 1. The number of thiophene rings is 1. The van der Waals surface area contributed by atoms with Gasteiger partial charge in [0.25, 0.3) is 0 Å². The zero-order valence-corrected chi connectivity index (χ0v) is 7.10. The summed E-state index contributed by atoms with van der Waals surface area (Å²) in [6.07, 6.45) is 2.09. The van der Waals surface area contributed by atoms with Crippen LogP contribution < -0.4 is 5.32 Å². The summed E-state index contributed by atoms with van der Waals surface area (Å²) in [4.78, 5) is 1.34. The topological polar surface area (TPSA) is 12.0 Å². The third kappa shape index (κ3) is 1.40. The summed E-state index contributed by atoms with van der Waals surface area (Å²) in [5, 5.41) is 6.49. The highest BCUT2D eigenvalue weighted by atomic mass is 32.2. The summed E-state index contributed by atoms with van der Waals surface area (Å²) in [5.74, 6) is 0. The maximum absolute atomic E-state index is 3.12. The molecule has 1 N–H and O–H groups in total. The third-order valence-corrected chi connectivity index (χ3v) is 2.92. The van der Waals surface area contributed by atoms with Crippen molar-refractivity contribution in [2.45, 2.75) is 4.90 Å². The molecule has 1 heterocycles. The summed E-state index contributed by atoms with van der Waals surface area (Å²) < 4.78 is 0. The summed E-state index contributed by atoms with van der Waals surface area (Å²) >= 11 is 3.52. The lowest BCUT2D eigenvalue weighted by molar-refractivity contribution is 1.48. The molecule has 1 aromatic heterocycles. The van der Waals surface area contributed by atoms with E-state index in [0.717, 1.165) is 0 Å². The summed E-state index contributed by atoms with van der Waals surface area (Å²) in [6.45, 7) is 0. The number of hydrogen-bond acceptors (Lipinski definition) is 3. The lowest BCUT2D eigenvalue weighted by atomic mass is 10.6. The van der Waals surface area contributed by atoms with Crippen molar-refractivity contribution in [2.24, 2.45) is 0 Å². The Kier molecular flexibility index (Phi) is 2.42. The molecule has 0 atom stereocenters. The van der Waals surface area contributed by atoms with Gasteiger partial charge in [-0.3, -0.25) is 0 Å². The minimum absolute atomic E-state index is 1.27. The van der Waals surface area contributed by atoms with Gasteiger partial charge in [0.2, 0.25) is 0 Å². The van der Waals surface area contributed by atoms with Crippen molar-refractivity contribution in [2.75, 3.05) is 18.6 Å². The van der Waals surface area contributed by atoms with Crippen LogP contribution in [-0.4, -0.2) is 13.3 Å². The third-order valence-electron chi connectivity index (χ3n) is 1.08. The first-order chi connectivity index (χ1) is 4.38. The second kappa shape index (κ2) is 3.13. The molecule has 0 aliphatic rings. The molecule has 0 unspecified atom stereocenters. The standard InChI is InChI=1S/C6H9NS2/c1-7-6-5(8-2)3-4-9-6/h3-4,7H,1-2H3. The number of rotatable bonds is 2. The van der Waals surface area contributed by atoms with Gasteiger partial charge in [0, 0.05) is 11.9 Å². The first kappa shape index (κ1) is 6.96. The Balaban J connectivity index is 2.85. The molecule has 0 bridgehead atoms. The van der Waals surface area contributed by atoms with E-state index >= 15 is 0 Å². The summed E-state index contributed by atoms with van der Waals surface area (Å²) in [7, 11) is 1.95. The molecule has 0 aliphatic carbocycles. The van der Waals surface area contributed by atoms with Gasteiger partial charge in [-0.1, -0.05) is 0 Å². The van der Waals surface area contributed by atoms with Crippen molar-refractivity contribution in [3.05, 3.63) is 11.4 Å². The molecule has 0 spiro atoms. The van der Waals surface area contributed by atoms with E-state index in [4.69, 9.17) is 0 Å². The minimum atomic E-state index is 1.27. The number of hydrogen-bond donors (Lipinski definition) is 1. The molecular weight excluding hydrogens is 150 g/mol. The fraction of sp³-hybridized carbons (Fsp3) is 0.333. The molecule has 3 heteroatoms. The highest BCUT2D eigenvalue weighted by Gasteiger charge is 1.97. The zero-order valence-electron chi connectivity index (χ0n) is 5.47. The van der Waals surface area contributed by atoms with Gasteiger partial charge in [-0.15, -0.1) is 23.1 Å². The van der Waals surface area contributed by atoms with Gasteiger partial charge in [0.1, 0.15) is 5.00 Å². The SMILES string of the molecule is CNc1sccc1SC. The van der Waals surface area contributed by atoms with Crippen LogP contribution in [-0.2, 0) is 0 Å². The molecular formula is C6H9NS2. The van der Waals surface area contributed by atoms with Crippen LogP contribution in [0.3, 0.4) is 0 Å². The lowest BCUT2D eigenvalue weighted by Gasteiger charge is -1.95. The van der Waals surface area contributed by atoms with Gasteiger partial charge < -0.3 is 5.32 Å². The molecule has 0 saturated heterocycles. The van der Waals surface area contributed by atoms with Gasteiger partial charge in [-0.25, -0.2) is 0 Å².